The lowest BCUT2D eigenvalue weighted by Gasteiger charge is -2.05. The number of fused-ring (bicyclic) bond motifs is 8. The maximum Gasteiger partial charge on any atom is 0.136 e. The number of benzene rings is 5. The molecule has 2 aromatic heterocycles. The van der Waals surface area contributed by atoms with E-state index in [1.807, 2.05) is 0 Å². The molecule has 0 spiro atoms. The van der Waals surface area contributed by atoms with Gasteiger partial charge in [-0.15, -0.1) is 0 Å². The standard InChI is InChI=1S/C62H86O2/c1-3-5-7-9-11-13-15-17-19-21-23-25-27-29-31-33-35-49-37-39-51-43-55-57-47-62-58(48-61(57)63-59(55)45-53(51)41-49)56-44-52-40-38-50(42-54(52)46-60(56)64-62)36-34-32-30-28-26-24-22-20-18-16-14-12-10-8-6-4-2/h37-48H,3-36H2,1-2H3. The summed E-state index contributed by atoms with van der Waals surface area (Å²) in [4.78, 5) is 0. The second kappa shape index (κ2) is 27.0. The van der Waals surface area contributed by atoms with Crippen LogP contribution in [0.4, 0.5) is 0 Å². The van der Waals surface area contributed by atoms with E-state index in [9.17, 15) is 0 Å². The molecule has 2 heteroatoms. The minimum atomic E-state index is 0.933. The van der Waals surface area contributed by atoms with Crippen molar-refractivity contribution >= 4 is 65.4 Å². The number of unbranched alkanes of at least 4 members (excludes halogenated alkanes) is 30. The molecule has 5 aromatic carbocycles. The van der Waals surface area contributed by atoms with Crippen molar-refractivity contribution in [1.29, 1.82) is 0 Å². The third-order valence-corrected chi connectivity index (χ3v) is 14.7. The monoisotopic (exact) mass is 863 g/mol. The molecule has 0 aliphatic heterocycles. The molecule has 0 unspecified atom stereocenters. The van der Waals surface area contributed by atoms with E-state index in [-0.39, 0.29) is 0 Å². The lowest BCUT2D eigenvalue weighted by Crippen LogP contribution is -1.87. The first kappa shape index (κ1) is 48.2. The van der Waals surface area contributed by atoms with E-state index in [0.29, 0.717) is 0 Å². The second-order valence-electron chi connectivity index (χ2n) is 20.2. The highest BCUT2D eigenvalue weighted by Crippen LogP contribution is 2.39. The molecule has 0 saturated heterocycles. The van der Waals surface area contributed by atoms with Crippen LogP contribution in [0.5, 0.6) is 0 Å². The molecular formula is C62H86O2. The Morgan fingerprint density at radius 2 is 0.516 bits per heavy atom. The van der Waals surface area contributed by atoms with Crippen LogP contribution in [0.25, 0.3) is 65.4 Å². The maximum atomic E-state index is 6.59. The van der Waals surface area contributed by atoms with Crippen LogP contribution in [0.3, 0.4) is 0 Å². The zero-order chi connectivity index (χ0) is 44.0. The molecule has 0 bridgehead atoms. The quantitative estimate of drug-likeness (QED) is 0.0377. The molecule has 2 heterocycles. The van der Waals surface area contributed by atoms with Crippen LogP contribution in [-0.2, 0) is 12.8 Å². The van der Waals surface area contributed by atoms with Crippen LogP contribution >= 0.6 is 0 Å². The molecule has 7 rings (SSSR count). The van der Waals surface area contributed by atoms with Gasteiger partial charge in [0.2, 0.25) is 0 Å². The number of furan rings is 2. The van der Waals surface area contributed by atoms with Gasteiger partial charge in [-0.05, 0) is 94.8 Å². The number of aryl methyl sites for hydroxylation is 2. The van der Waals surface area contributed by atoms with Crippen LogP contribution in [0.15, 0.2) is 81.6 Å². The molecule has 0 radical (unpaired) electrons. The van der Waals surface area contributed by atoms with Gasteiger partial charge in [0.05, 0.1) is 0 Å². The summed E-state index contributed by atoms with van der Waals surface area (Å²) < 4.78 is 13.2. The average molecular weight is 863 g/mol. The Morgan fingerprint density at radius 1 is 0.250 bits per heavy atom. The van der Waals surface area contributed by atoms with Crippen molar-refractivity contribution in [2.45, 2.75) is 232 Å². The fraction of sp³-hybridized carbons (Fsp3) is 0.581. The summed E-state index contributed by atoms with van der Waals surface area (Å²) in [5.41, 5.74) is 6.67. The topological polar surface area (TPSA) is 26.3 Å². The summed E-state index contributed by atoms with van der Waals surface area (Å²) in [6.07, 6.45) is 47.5. The Hall–Kier alpha value is -3.78. The molecule has 7 aromatic rings. The van der Waals surface area contributed by atoms with Crippen LogP contribution in [-0.4, -0.2) is 0 Å². The third kappa shape index (κ3) is 14.6. The van der Waals surface area contributed by atoms with E-state index >= 15 is 0 Å². The highest BCUT2D eigenvalue weighted by molar-refractivity contribution is 6.18. The van der Waals surface area contributed by atoms with Crippen molar-refractivity contribution in [3.8, 4) is 0 Å². The zero-order valence-corrected chi connectivity index (χ0v) is 40.8. The first-order chi connectivity index (χ1) is 31.7. The van der Waals surface area contributed by atoms with E-state index in [0.717, 1.165) is 45.9 Å². The minimum absolute atomic E-state index is 0.933. The van der Waals surface area contributed by atoms with Gasteiger partial charge < -0.3 is 8.83 Å². The van der Waals surface area contributed by atoms with Crippen LogP contribution in [0.2, 0.25) is 0 Å². The van der Waals surface area contributed by atoms with Gasteiger partial charge in [0.15, 0.2) is 0 Å². The van der Waals surface area contributed by atoms with E-state index in [1.165, 1.54) is 249 Å². The molecule has 0 aliphatic carbocycles. The Balaban J connectivity index is 0.831. The van der Waals surface area contributed by atoms with Gasteiger partial charge in [0.25, 0.3) is 0 Å². The molecule has 0 saturated carbocycles. The van der Waals surface area contributed by atoms with E-state index < -0.39 is 0 Å². The number of hydrogen-bond donors (Lipinski definition) is 0. The summed E-state index contributed by atoms with van der Waals surface area (Å²) >= 11 is 0. The van der Waals surface area contributed by atoms with Crippen molar-refractivity contribution < 1.29 is 8.83 Å². The first-order valence-corrected chi connectivity index (χ1v) is 27.4. The Bertz CT molecular complexity index is 2240. The first-order valence-electron chi connectivity index (χ1n) is 27.4. The molecule has 2 nitrogen and oxygen atoms in total. The summed E-state index contributed by atoms with van der Waals surface area (Å²) in [6.45, 7) is 4.61. The van der Waals surface area contributed by atoms with Crippen LogP contribution in [0.1, 0.15) is 230 Å². The largest absolute Gasteiger partial charge is 0.456 e. The fourth-order valence-corrected chi connectivity index (χ4v) is 10.7. The highest BCUT2D eigenvalue weighted by atomic mass is 16.3. The van der Waals surface area contributed by atoms with Gasteiger partial charge in [-0.2, -0.15) is 0 Å². The molecule has 64 heavy (non-hydrogen) atoms. The smallest absolute Gasteiger partial charge is 0.136 e. The molecule has 346 valence electrons. The lowest BCUT2D eigenvalue weighted by atomic mass is 9.99. The highest BCUT2D eigenvalue weighted by Gasteiger charge is 2.15. The number of rotatable bonds is 34. The summed E-state index contributed by atoms with van der Waals surface area (Å²) in [6, 6.07) is 27.7. The zero-order valence-electron chi connectivity index (χ0n) is 40.8. The minimum Gasteiger partial charge on any atom is -0.456 e. The average Bonchev–Trinajstić information content (AvgIpc) is 3.84. The van der Waals surface area contributed by atoms with E-state index in [4.69, 9.17) is 8.83 Å². The van der Waals surface area contributed by atoms with Gasteiger partial charge in [0.1, 0.15) is 22.3 Å². The predicted octanol–water partition coefficient (Wildman–Crippen LogP) is 21.4. The normalized spacial score (nSPS) is 12.2. The van der Waals surface area contributed by atoms with Gasteiger partial charge in [-0.25, -0.2) is 0 Å². The number of hydrogen-bond acceptors (Lipinski definition) is 2. The van der Waals surface area contributed by atoms with Gasteiger partial charge in [-0.1, -0.05) is 243 Å². The van der Waals surface area contributed by atoms with Crippen LogP contribution < -0.4 is 0 Å². The van der Waals surface area contributed by atoms with Crippen molar-refractivity contribution in [2.75, 3.05) is 0 Å². The molecule has 0 fully saturated rings. The summed E-state index contributed by atoms with van der Waals surface area (Å²) in [5.74, 6) is 0. The fourth-order valence-electron chi connectivity index (χ4n) is 10.7. The van der Waals surface area contributed by atoms with Gasteiger partial charge >= 0.3 is 0 Å². The molecular weight excluding hydrogens is 777 g/mol. The predicted molar refractivity (Wildman–Crippen MR) is 283 cm³/mol. The molecule has 0 amide bonds. The van der Waals surface area contributed by atoms with Crippen LogP contribution in [0, 0.1) is 0 Å². The van der Waals surface area contributed by atoms with Gasteiger partial charge in [0, 0.05) is 21.5 Å². The maximum absolute atomic E-state index is 6.59. The molecule has 0 N–H and O–H groups in total. The molecule has 0 aliphatic rings. The van der Waals surface area contributed by atoms with Crippen molar-refractivity contribution in [1.82, 2.24) is 0 Å². The Morgan fingerprint density at radius 3 is 0.828 bits per heavy atom. The summed E-state index contributed by atoms with van der Waals surface area (Å²) in [5, 5.41) is 9.69. The Kier molecular flexibility index (Phi) is 20.3. The van der Waals surface area contributed by atoms with Crippen molar-refractivity contribution in [3.05, 3.63) is 83.9 Å². The molecule has 0 atom stereocenters. The summed E-state index contributed by atoms with van der Waals surface area (Å²) in [7, 11) is 0. The van der Waals surface area contributed by atoms with Crippen molar-refractivity contribution in [2.24, 2.45) is 0 Å². The Labute approximate surface area is 388 Å². The second-order valence-corrected chi connectivity index (χ2v) is 20.2. The third-order valence-electron chi connectivity index (χ3n) is 14.7. The van der Waals surface area contributed by atoms with E-state index in [1.54, 1.807) is 0 Å². The lowest BCUT2D eigenvalue weighted by molar-refractivity contribution is 0.529. The SMILES string of the molecule is CCCCCCCCCCCCCCCCCCc1ccc2cc3c(cc2c1)oc1cc2c(cc13)oc1cc3cc(CCCCCCCCCCCCCCCCCC)ccc3cc12. The van der Waals surface area contributed by atoms with Gasteiger partial charge in [-0.3, -0.25) is 0 Å². The van der Waals surface area contributed by atoms with Crippen molar-refractivity contribution in [3.63, 3.8) is 0 Å². The van der Waals surface area contributed by atoms with E-state index in [2.05, 4.69) is 86.6 Å².